The lowest BCUT2D eigenvalue weighted by atomic mass is 10.2. The number of rotatable bonds is 7. The Bertz CT molecular complexity index is 900. The van der Waals surface area contributed by atoms with Crippen LogP contribution in [0.5, 0.6) is 0 Å². The smallest absolute Gasteiger partial charge is 0.251 e. The van der Waals surface area contributed by atoms with E-state index in [0.717, 1.165) is 12.8 Å². The van der Waals surface area contributed by atoms with E-state index in [4.69, 9.17) is 16.3 Å². The molecule has 1 aliphatic rings. The Labute approximate surface area is 163 Å². The van der Waals surface area contributed by atoms with Crippen LogP contribution in [0.25, 0.3) is 0 Å². The van der Waals surface area contributed by atoms with E-state index in [1.165, 1.54) is 18.2 Å². The Balaban J connectivity index is 1.69. The van der Waals surface area contributed by atoms with Gasteiger partial charge in [-0.1, -0.05) is 17.7 Å². The van der Waals surface area contributed by atoms with E-state index in [9.17, 15) is 13.2 Å². The zero-order chi connectivity index (χ0) is 19.3. The van der Waals surface area contributed by atoms with Gasteiger partial charge in [-0.05, 0) is 43.2 Å². The standard InChI is InChI=1S/C18H20ClN3O4S/c19-16-7-6-13(18(23)21-11-14-4-1-2-8-20-14)10-17(16)27(24,25)22-12-15-5-3-9-26-15/h1-2,4,6-8,10,15,22H,3,5,9,11-12H2,(H,21,23). The van der Waals surface area contributed by atoms with Gasteiger partial charge >= 0.3 is 0 Å². The third-order valence-electron chi connectivity index (χ3n) is 4.16. The monoisotopic (exact) mass is 409 g/mol. The summed E-state index contributed by atoms with van der Waals surface area (Å²) in [7, 11) is -3.86. The summed E-state index contributed by atoms with van der Waals surface area (Å²) in [5, 5.41) is 2.76. The number of amides is 1. The Hall–Kier alpha value is -2.00. The molecule has 3 rings (SSSR count). The van der Waals surface area contributed by atoms with Crippen molar-refractivity contribution in [1.82, 2.24) is 15.0 Å². The molecule has 2 heterocycles. The summed E-state index contributed by atoms with van der Waals surface area (Å²) >= 11 is 6.06. The van der Waals surface area contributed by atoms with Crippen LogP contribution in [0, 0.1) is 0 Å². The largest absolute Gasteiger partial charge is 0.377 e. The van der Waals surface area contributed by atoms with Crippen molar-refractivity contribution >= 4 is 27.5 Å². The van der Waals surface area contributed by atoms with Gasteiger partial charge in [0.25, 0.3) is 5.91 Å². The molecule has 144 valence electrons. The summed E-state index contributed by atoms with van der Waals surface area (Å²) in [5.74, 6) is -0.409. The van der Waals surface area contributed by atoms with E-state index in [1.807, 2.05) is 6.07 Å². The van der Waals surface area contributed by atoms with Gasteiger partial charge in [0.15, 0.2) is 0 Å². The highest BCUT2D eigenvalue weighted by Gasteiger charge is 2.23. The first kappa shape index (κ1) is 19.8. The summed E-state index contributed by atoms with van der Waals surface area (Å²) in [6.07, 6.45) is 3.22. The molecular formula is C18H20ClN3O4S. The molecule has 7 nitrogen and oxygen atoms in total. The molecule has 1 aliphatic heterocycles. The van der Waals surface area contributed by atoms with E-state index < -0.39 is 15.9 Å². The van der Waals surface area contributed by atoms with Gasteiger partial charge in [-0.15, -0.1) is 0 Å². The highest BCUT2D eigenvalue weighted by molar-refractivity contribution is 7.89. The van der Waals surface area contributed by atoms with Gasteiger partial charge in [0.1, 0.15) is 4.90 Å². The van der Waals surface area contributed by atoms with Crippen molar-refractivity contribution in [3.63, 3.8) is 0 Å². The van der Waals surface area contributed by atoms with Gasteiger partial charge in [0, 0.05) is 24.9 Å². The first-order valence-electron chi connectivity index (χ1n) is 8.54. The zero-order valence-electron chi connectivity index (χ0n) is 14.5. The number of pyridine rings is 1. The van der Waals surface area contributed by atoms with E-state index in [2.05, 4.69) is 15.0 Å². The molecule has 0 aliphatic carbocycles. The molecule has 2 N–H and O–H groups in total. The quantitative estimate of drug-likeness (QED) is 0.730. The highest BCUT2D eigenvalue weighted by Crippen LogP contribution is 2.23. The lowest BCUT2D eigenvalue weighted by Gasteiger charge is -2.13. The number of ether oxygens (including phenoxy) is 1. The minimum atomic E-state index is -3.86. The predicted molar refractivity (Wildman–Crippen MR) is 101 cm³/mol. The number of aromatic nitrogens is 1. The Morgan fingerprint density at radius 3 is 2.85 bits per heavy atom. The number of sulfonamides is 1. The molecule has 0 bridgehead atoms. The van der Waals surface area contributed by atoms with E-state index in [1.54, 1.807) is 18.3 Å². The van der Waals surface area contributed by atoms with Crippen LogP contribution in [-0.2, 0) is 21.3 Å². The molecule has 1 atom stereocenters. The van der Waals surface area contributed by atoms with Crippen molar-refractivity contribution in [1.29, 1.82) is 0 Å². The van der Waals surface area contributed by atoms with Crippen molar-refractivity contribution in [3.05, 3.63) is 58.9 Å². The minimum Gasteiger partial charge on any atom is -0.377 e. The van der Waals surface area contributed by atoms with Gasteiger partial charge in [-0.25, -0.2) is 13.1 Å². The Morgan fingerprint density at radius 2 is 2.15 bits per heavy atom. The molecule has 1 saturated heterocycles. The molecule has 0 radical (unpaired) electrons. The maximum atomic E-state index is 12.6. The summed E-state index contributed by atoms with van der Waals surface area (Å²) in [5.41, 5.74) is 0.902. The van der Waals surface area contributed by atoms with Crippen molar-refractivity contribution in [2.75, 3.05) is 13.2 Å². The average Bonchev–Trinajstić information content (AvgIpc) is 3.19. The molecule has 0 spiro atoms. The van der Waals surface area contributed by atoms with Gasteiger partial charge in [-0.3, -0.25) is 9.78 Å². The SMILES string of the molecule is O=C(NCc1ccccn1)c1ccc(Cl)c(S(=O)(=O)NCC2CCCO2)c1. The van der Waals surface area contributed by atoms with Crippen molar-refractivity contribution in [2.24, 2.45) is 0 Å². The van der Waals surface area contributed by atoms with Gasteiger partial charge in [0.05, 0.1) is 23.4 Å². The summed E-state index contributed by atoms with van der Waals surface area (Å²) in [4.78, 5) is 16.4. The van der Waals surface area contributed by atoms with Crippen molar-refractivity contribution in [3.8, 4) is 0 Å². The fraction of sp³-hybridized carbons (Fsp3) is 0.333. The Kier molecular flexibility index (Phi) is 6.43. The fourth-order valence-electron chi connectivity index (χ4n) is 2.71. The maximum Gasteiger partial charge on any atom is 0.251 e. The van der Waals surface area contributed by atoms with Crippen LogP contribution in [0.2, 0.25) is 5.02 Å². The second kappa shape index (κ2) is 8.79. The van der Waals surface area contributed by atoms with E-state index >= 15 is 0 Å². The average molecular weight is 410 g/mol. The number of nitrogens with one attached hydrogen (secondary N) is 2. The van der Waals surface area contributed by atoms with E-state index in [-0.39, 0.29) is 34.7 Å². The molecule has 1 aromatic carbocycles. The lowest BCUT2D eigenvalue weighted by Crippen LogP contribution is -2.32. The van der Waals surface area contributed by atoms with Crippen LogP contribution in [0.4, 0.5) is 0 Å². The van der Waals surface area contributed by atoms with Crippen LogP contribution >= 0.6 is 11.6 Å². The fourth-order valence-corrected chi connectivity index (χ4v) is 4.30. The number of benzene rings is 1. The lowest BCUT2D eigenvalue weighted by molar-refractivity contribution is 0.0950. The molecule has 1 amide bonds. The van der Waals surface area contributed by atoms with Crippen LogP contribution in [0.3, 0.4) is 0 Å². The first-order valence-corrected chi connectivity index (χ1v) is 10.4. The maximum absolute atomic E-state index is 12.6. The molecular weight excluding hydrogens is 390 g/mol. The predicted octanol–water partition coefficient (Wildman–Crippen LogP) is 2.12. The summed E-state index contributed by atoms with van der Waals surface area (Å²) in [6.45, 7) is 1.05. The molecule has 9 heteroatoms. The number of nitrogens with zero attached hydrogens (tertiary/aromatic N) is 1. The number of carbonyl (C=O) groups excluding carboxylic acids is 1. The topological polar surface area (TPSA) is 97.4 Å². The number of hydrogen-bond acceptors (Lipinski definition) is 5. The zero-order valence-corrected chi connectivity index (χ0v) is 16.1. The molecule has 1 fully saturated rings. The third kappa shape index (κ3) is 5.26. The molecule has 2 aromatic rings. The van der Waals surface area contributed by atoms with E-state index in [0.29, 0.717) is 12.3 Å². The Morgan fingerprint density at radius 1 is 1.30 bits per heavy atom. The van der Waals surface area contributed by atoms with Crippen molar-refractivity contribution in [2.45, 2.75) is 30.4 Å². The molecule has 1 unspecified atom stereocenters. The first-order chi connectivity index (χ1) is 13.0. The molecule has 0 saturated carbocycles. The van der Waals surface area contributed by atoms with Crippen LogP contribution in [0.15, 0.2) is 47.5 Å². The normalized spacial score (nSPS) is 17.0. The van der Waals surface area contributed by atoms with Gasteiger partial charge in [-0.2, -0.15) is 0 Å². The van der Waals surface area contributed by atoms with Crippen molar-refractivity contribution < 1.29 is 17.9 Å². The second-order valence-electron chi connectivity index (χ2n) is 6.14. The molecule has 27 heavy (non-hydrogen) atoms. The van der Waals surface area contributed by atoms with Crippen LogP contribution in [-0.4, -0.2) is 38.6 Å². The highest BCUT2D eigenvalue weighted by atomic mass is 35.5. The minimum absolute atomic E-state index is 0.0520. The van der Waals surface area contributed by atoms with Crippen LogP contribution in [0.1, 0.15) is 28.9 Å². The number of hydrogen-bond donors (Lipinski definition) is 2. The summed E-state index contributed by atoms with van der Waals surface area (Å²) < 4.78 is 33.1. The van der Waals surface area contributed by atoms with Gasteiger partial charge in [0.2, 0.25) is 10.0 Å². The van der Waals surface area contributed by atoms with Gasteiger partial charge < -0.3 is 10.1 Å². The van der Waals surface area contributed by atoms with Crippen LogP contribution < -0.4 is 10.0 Å². The molecule has 1 aromatic heterocycles. The second-order valence-corrected chi connectivity index (χ2v) is 8.28. The summed E-state index contributed by atoms with van der Waals surface area (Å²) in [6, 6.07) is 9.54. The third-order valence-corrected chi connectivity index (χ3v) is 6.07. The number of halogens is 1. The number of carbonyl (C=O) groups is 1.